The first kappa shape index (κ1) is 14.1. The van der Waals surface area contributed by atoms with E-state index in [1.807, 2.05) is 0 Å². The van der Waals surface area contributed by atoms with E-state index in [-0.39, 0.29) is 11.1 Å². The third-order valence-electron chi connectivity index (χ3n) is 2.80. The predicted molar refractivity (Wildman–Crippen MR) is 69.9 cm³/mol. The minimum absolute atomic E-state index is 0.0827. The fourth-order valence-corrected chi connectivity index (χ4v) is 1.80. The summed E-state index contributed by atoms with van der Waals surface area (Å²) in [5.74, 6) is -2.11. The summed E-state index contributed by atoms with van der Waals surface area (Å²) < 4.78 is 32.9. The number of nitrogens with zero attached hydrogens (tertiary/aromatic N) is 1. The second-order valence-electron chi connectivity index (χ2n) is 4.22. The maximum Gasteiger partial charge on any atom is 0.200 e. The van der Waals surface area contributed by atoms with Gasteiger partial charge in [0.1, 0.15) is 17.4 Å². The molecule has 2 rings (SSSR count). The summed E-state index contributed by atoms with van der Waals surface area (Å²) in [5, 5.41) is 0. The zero-order valence-corrected chi connectivity index (χ0v) is 11.1. The van der Waals surface area contributed by atoms with Gasteiger partial charge in [0, 0.05) is 11.8 Å². The van der Waals surface area contributed by atoms with Gasteiger partial charge in [0.25, 0.3) is 0 Å². The van der Waals surface area contributed by atoms with Crippen LogP contribution in [0.25, 0.3) is 0 Å². The normalized spacial score (nSPS) is 10.4. The molecule has 1 aromatic heterocycles. The van der Waals surface area contributed by atoms with Gasteiger partial charge in [-0.15, -0.1) is 0 Å². The van der Waals surface area contributed by atoms with Crippen LogP contribution in [0.1, 0.15) is 28.4 Å². The number of benzene rings is 1. The van der Waals surface area contributed by atoms with E-state index in [4.69, 9.17) is 4.74 Å². The van der Waals surface area contributed by atoms with Crippen molar-refractivity contribution in [3.8, 4) is 5.75 Å². The van der Waals surface area contributed by atoms with Crippen LogP contribution in [0.4, 0.5) is 8.78 Å². The molecule has 2 aromatic rings. The summed E-state index contributed by atoms with van der Waals surface area (Å²) in [7, 11) is 0. The van der Waals surface area contributed by atoms with Gasteiger partial charge in [0.05, 0.1) is 18.4 Å². The Labute approximate surface area is 115 Å². The molecule has 0 radical (unpaired) electrons. The van der Waals surface area contributed by atoms with E-state index >= 15 is 0 Å². The van der Waals surface area contributed by atoms with Crippen molar-refractivity contribution in [3.05, 3.63) is 58.9 Å². The van der Waals surface area contributed by atoms with E-state index in [2.05, 4.69) is 4.98 Å². The van der Waals surface area contributed by atoms with Crippen LogP contribution in [-0.4, -0.2) is 17.4 Å². The van der Waals surface area contributed by atoms with E-state index < -0.39 is 23.0 Å². The van der Waals surface area contributed by atoms with Crippen molar-refractivity contribution in [3.63, 3.8) is 0 Å². The van der Waals surface area contributed by atoms with Gasteiger partial charge in [-0.2, -0.15) is 0 Å². The molecule has 1 aromatic carbocycles. The molecule has 0 aliphatic heterocycles. The average molecular weight is 277 g/mol. The quantitative estimate of drug-likeness (QED) is 0.805. The maximum atomic E-state index is 13.9. The Kier molecular flexibility index (Phi) is 4.08. The summed E-state index contributed by atoms with van der Waals surface area (Å²) in [6.45, 7) is 3.67. The largest absolute Gasteiger partial charge is 0.492 e. The van der Waals surface area contributed by atoms with Gasteiger partial charge >= 0.3 is 0 Å². The Morgan fingerprint density at radius 1 is 1.30 bits per heavy atom. The molecule has 0 N–H and O–H groups in total. The molecule has 1 heterocycles. The van der Waals surface area contributed by atoms with Gasteiger partial charge in [-0.3, -0.25) is 9.78 Å². The summed E-state index contributed by atoms with van der Waals surface area (Å²) in [6.07, 6.45) is 2.69. The molecule has 0 aliphatic rings. The number of hydrogen-bond acceptors (Lipinski definition) is 3. The standard InChI is InChI=1S/C15H13F2NO2/c1-3-20-11-6-10(7-18-8-11)15(19)13-12(16)5-4-9(2)14(13)17/h4-8H,3H2,1-2H3. The van der Waals surface area contributed by atoms with Crippen molar-refractivity contribution >= 4 is 5.78 Å². The van der Waals surface area contributed by atoms with E-state index in [0.717, 1.165) is 6.07 Å². The third-order valence-corrected chi connectivity index (χ3v) is 2.80. The molecule has 0 aliphatic carbocycles. The first-order chi connectivity index (χ1) is 9.54. The summed E-state index contributed by atoms with van der Waals surface area (Å²) in [5.41, 5.74) is -0.275. The summed E-state index contributed by atoms with van der Waals surface area (Å²) in [4.78, 5) is 16.1. The van der Waals surface area contributed by atoms with Crippen LogP contribution < -0.4 is 4.74 Å². The Balaban J connectivity index is 2.46. The van der Waals surface area contributed by atoms with Gasteiger partial charge in [0.2, 0.25) is 5.78 Å². The zero-order chi connectivity index (χ0) is 14.7. The summed E-state index contributed by atoms with van der Waals surface area (Å²) >= 11 is 0. The van der Waals surface area contributed by atoms with E-state index in [0.29, 0.717) is 12.4 Å². The number of pyridine rings is 1. The van der Waals surface area contributed by atoms with Crippen LogP contribution in [-0.2, 0) is 0 Å². The minimum atomic E-state index is -0.889. The highest BCUT2D eigenvalue weighted by atomic mass is 19.1. The number of rotatable bonds is 4. The fourth-order valence-electron chi connectivity index (χ4n) is 1.80. The van der Waals surface area contributed by atoms with Crippen LogP contribution in [0.15, 0.2) is 30.6 Å². The Hall–Kier alpha value is -2.30. The lowest BCUT2D eigenvalue weighted by molar-refractivity contribution is 0.103. The van der Waals surface area contributed by atoms with Gasteiger partial charge in [0.15, 0.2) is 0 Å². The molecule has 3 nitrogen and oxygen atoms in total. The van der Waals surface area contributed by atoms with Crippen molar-refractivity contribution in [1.82, 2.24) is 4.98 Å². The molecule has 0 spiro atoms. The van der Waals surface area contributed by atoms with Crippen molar-refractivity contribution in [2.75, 3.05) is 6.61 Å². The predicted octanol–water partition coefficient (Wildman–Crippen LogP) is 3.30. The second kappa shape index (κ2) is 5.77. The molecule has 104 valence electrons. The molecule has 0 bridgehead atoms. The molecule has 0 saturated carbocycles. The minimum Gasteiger partial charge on any atom is -0.492 e. The number of ketones is 1. The molecule has 0 unspecified atom stereocenters. The molecule has 0 atom stereocenters. The number of ether oxygens (including phenoxy) is 1. The molecule has 20 heavy (non-hydrogen) atoms. The third kappa shape index (κ3) is 2.66. The summed E-state index contributed by atoms with van der Waals surface area (Å²) in [6, 6.07) is 3.78. The highest BCUT2D eigenvalue weighted by molar-refractivity contribution is 6.09. The molecule has 5 heteroatoms. The topological polar surface area (TPSA) is 39.2 Å². The van der Waals surface area contributed by atoms with Crippen molar-refractivity contribution in [1.29, 1.82) is 0 Å². The van der Waals surface area contributed by atoms with Gasteiger partial charge in [-0.1, -0.05) is 6.07 Å². The lowest BCUT2D eigenvalue weighted by atomic mass is 10.0. The van der Waals surface area contributed by atoms with E-state index in [9.17, 15) is 13.6 Å². The van der Waals surface area contributed by atoms with Crippen LogP contribution in [0.2, 0.25) is 0 Å². The van der Waals surface area contributed by atoms with Crippen LogP contribution in [0, 0.1) is 18.6 Å². The van der Waals surface area contributed by atoms with Crippen molar-refractivity contribution in [2.24, 2.45) is 0 Å². The first-order valence-corrected chi connectivity index (χ1v) is 6.11. The number of hydrogen-bond donors (Lipinski definition) is 0. The Morgan fingerprint density at radius 3 is 2.75 bits per heavy atom. The Bertz CT molecular complexity index is 656. The smallest absolute Gasteiger partial charge is 0.200 e. The molecule has 0 fully saturated rings. The van der Waals surface area contributed by atoms with Crippen LogP contribution in [0.5, 0.6) is 5.75 Å². The second-order valence-corrected chi connectivity index (χ2v) is 4.22. The highest BCUT2D eigenvalue weighted by Gasteiger charge is 2.21. The lowest BCUT2D eigenvalue weighted by Crippen LogP contribution is -2.09. The van der Waals surface area contributed by atoms with E-state index in [1.54, 1.807) is 6.92 Å². The SMILES string of the molecule is CCOc1cncc(C(=O)c2c(F)ccc(C)c2F)c1. The highest BCUT2D eigenvalue weighted by Crippen LogP contribution is 2.21. The number of carbonyl (C=O) groups is 1. The van der Waals surface area contributed by atoms with Crippen molar-refractivity contribution in [2.45, 2.75) is 13.8 Å². The number of halogens is 2. The Morgan fingerprint density at radius 2 is 2.05 bits per heavy atom. The lowest BCUT2D eigenvalue weighted by Gasteiger charge is -2.08. The average Bonchev–Trinajstić information content (AvgIpc) is 2.44. The van der Waals surface area contributed by atoms with Gasteiger partial charge in [-0.25, -0.2) is 8.78 Å². The van der Waals surface area contributed by atoms with Gasteiger partial charge < -0.3 is 4.74 Å². The number of aryl methyl sites for hydroxylation is 1. The maximum absolute atomic E-state index is 13.9. The van der Waals surface area contributed by atoms with Crippen LogP contribution >= 0.6 is 0 Å². The monoisotopic (exact) mass is 277 g/mol. The molecular formula is C15H13F2NO2. The molecular weight excluding hydrogens is 264 g/mol. The number of aromatic nitrogens is 1. The van der Waals surface area contributed by atoms with E-state index in [1.165, 1.54) is 31.5 Å². The fraction of sp³-hybridized carbons (Fsp3) is 0.200. The molecule has 0 amide bonds. The van der Waals surface area contributed by atoms with Crippen LogP contribution in [0.3, 0.4) is 0 Å². The number of carbonyl (C=O) groups excluding carboxylic acids is 1. The zero-order valence-electron chi connectivity index (χ0n) is 11.1. The van der Waals surface area contributed by atoms with Crippen molar-refractivity contribution < 1.29 is 18.3 Å². The first-order valence-electron chi connectivity index (χ1n) is 6.11. The van der Waals surface area contributed by atoms with Gasteiger partial charge in [-0.05, 0) is 31.5 Å². The molecule has 0 saturated heterocycles.